The second-order valence-electron chi connectivity index (χ2n) is 3.98. The minimum absolute atomic E-state index is 0.0295. The number of nitrogens with one attached hydrogen (secondary N) is 1. The lowest BCUT2D eigenvalue weighted by molar-refractivity contribution is 0.595. The Labute approximate surface area is 113 Å². The molecule has 5 heteroatoms. The van der Waals surface area contributed by atoms with E-state index in [1.54, 1.807) is 31.2 Å². The Morgan fingerprint density at radius 3 is 2.00 bits per heavy atom. The number of anilines is 2. The molecule has 2 rings (SSSR count). The predicted molar refractivity (Wildman–Crippen MR) is 78.4 cm³/mol. The van der Waals surface area contributed by atoms with E-state index in [9.17, 15) is 8.42 Å². The fraction of sp³-hybridized carbons (Fsp3) is 0.143. The molecule has 0 aliphatic rings. The highest BCUT2D eigenvalue weighted by Crippen LogP contribution is 2.19. The van der Waals surface area contributed by atoms with Gasteiger partial charge in [0.2, 0.25) is 0 Å². The van der Waals surface area contributed by atoms with Crippen LogP contribution >= 0.6 is 0 Å². The fourth-order valence-corrected chi connectivity index (χ4v) is 2.56. The molecule has 0 spiro atoms. The van der Waals surface area contributed by atoms with Crippen molar-refractivity contribution in [2.75, 3.05) is 15.6 Å². The van der Waals surface area contributed by atoms with Crippen molar-refractivity contribution in [3.8, 4) is 0 Å². The fourth-order valence-electron chi connectivity index (χ4n) is 1.62. The Kier molecular flexibility index (Phi) is 4.06. The van der Waals surface area contributed by atoms with Gasteiger partial charge in [0, 0.05) is 0 Å². The molecule has 19 heavy (non-hydrogen) atoms. The first-order valence-electron chi connectivity index (χ1n) is 6.03. The molecule has 0 radical (unpaired) electrons. The lowest BCUT2D eigenvalue weighted by Crippen LogP contribution is -2.37. The first-order chi connectivity index (χ1) is 9.13. The standard InChI is InChI=1S/C14H16N2O2S/c1-2-19(17,18)16(14-11-7-4-8-12-14)15-13-9-5-3-6-10-13/h3-12,15H,2H2,1H3. The van der Waals surface area contributed by atoms with E-state index in [1.807, 2.05) is 36.4 Å². The molecule has 0 saturated carbocycles. The molecule has 2 aromatic carbocycles. The van der Waals surface area contributed by atoms with Gasteiger partial charge in [-0.25, -0.2) is 8.42 Å². The summed E-state index contributed by atoms with van der Waals surface area (Å²) in [4.78, 5) is 0. The smallest absolute Gasteiger partial charge is 0.252 e. The summed E-state index contributed by atoms with van der Waals surface area (Å²) in [6.45, 7) is 1.62. The van der Waals surface area contributed by atoms with Crippen LogP contribution < -0.4 is 9.84 Å². The number of sulfonamides is 1. The lowest BCUT2D eigenvalue weighted by atomic mass is 10.3. The van der Waals surface area contributed by atoms with E-state index in [0.717, 1.165) is 5.69 Å². The Hall–Kier alpha value is -2.01. The summed E-state index contributed by atoms with van der Waals surface area (Å²) in [5, 5.41) is 0. The van der Waals surface area contributed by atoms with Crippen molar-refractivity contribution < 1.29 is 8.42 Å². The number of para-hydroxylation sites is 2. The first-order valence-corrected chi connectivity index (χ1v) is 7.64. The normalized spacial score (nSPS) is 11.0. The van der Waals surface area contributed by atoms with Gasteiger partial charge in [-0.2, -0.15) is 4.41 Å². The maximum atomic E-state index is 12.2. The average Bonchev–Trinajstić information content (AvgIpc) is 2.46. The van der Waals surface area contributed by atoms with E-state index in [0.29, 0.717) is 5.69 Å². The van der Waals surface area contributed by atoms with Crippen molar-refractivity contribution in [2.45, 2.75) is 6.92 Å². The van der Waals surface area contributed by atoms with Gasteiger partial charge in [0.15, 0.2) is 0 Å². The van der Waals surface area contributed by atoms with Crippen molar-refractivity contribution in [3.63, 3.8) is 0 Å². The Balaban J connectivity index is 2.36. The van der Waals surface area contributed by atoms with Crippen molar-refractivity contribution in [1.82, 2.24) is 0 Å². The summed E-state index contributed by atoms with van der Waals surface area (Å²) in [5.74, 6) is 0.0295. The van der Waals surface area contributed by atoms with E-state index < -0.39 is 10.0 Å². The molecule has 0 aromatic heterocycles. The van der Waals surface area contributed by atoms with Gasteiger partial charge >= 0.3 is 0 Å². The summed E-state index contributed by atoms with van der Waals surface area (Å²) in [5.41, 5.74) is 4.25. The van der Waals surface area contributed by atoms with Gasteiger partial charge in [-0.3, -0.25) is 5.43 Å². The molecule has 4 nitrogen and oxygen atoms in total. The van der Waals surface area contributed by atoms with Crippen molar-refractivity contribution in [2.24, 2.45) is 0 Å². The molecule has 0 bridgehead atoms. The zero-order valence-electron chi connectivity index (χ0n) is 10.7. The highest BCUT2D eigenvalue weighted by atomic mass is 32.2. The van der Waals surface area contributed by atoms with Crippen LogP contribution in [0, 0.1) is 0 Å². The highest BCUT2D eigenvalue weighted by molar-refractivity contribution is 7.92. The Morgan fingerprint density at radius 2 is 1.47 bits per heavy atom. The maximum absolute atomic E-state index is 12.2. The Morgan fingerprint density at radius 1 is 0.947 bits per heavy atom. The SMILES string of the molecule is CCS(=O)(=O)N(Nc1ccccc1)c1ccccc1. The molecule has 0 atom stereocenters. The number of hydrogen-bond acceptors (Lipinski definition) is 3. The number of hydrogen-bond donors (Lipinski definition) is 1. The molecule has 100 valence electrons. The minimum atomic E-state index is -3.39. The summed E-state index contributed by atoms with van der Waals surface area (Å²) in [7, 11) is -3.39. The quantitative estimate of drug-likeness (QED) is 0.854. The van der Waals surface area contributed by atoms with Gasteiger partial charge in [0.05, 0.1) is 17.1 Å². The number of rotatable bonds is 5. The van der Waals surface area contributed by atoms with Crippen molar-refractivity contribution in [3.05, 3.63) is 60.7 Å². The van der Waals surface area contributed by atoms with Crippen LogP contribution in [0.3, 0.4) is 0 Å². The van der Waals surface area contributed by atoms with Gasteiger partial charge in [-0.1, -0.05) is 36.4 Å². The minimum Gasteiger partial charge on any atom is -0.285 e. The third-order valence-electron chi connectivity index (χ3n) is 2.64. The molecular formula is C14H16N2O2S. The molecule has 0 fully saturated rings. The summed E-state index contributed by atoms with van der Waals surface area (Å²) in [6, 6.07) is 18.2. The molecular weight excluding hydrogens is 260 g/mol. The van der Waals surface area contributed by atoms with Crippen LogP contribution in [0.2, 0.25) is 0 Å². The summed E-state index contributed by atoms with van der Waals surface area (Å²) >= 11 is 0. The van der Waals surface area contributed by atoms with Gasteiger partial charge in [0.1, 0.15) is 0 Å². The van der Waals surface area contributed by atoms with Crippen LogP contribution in [-0.4, -0.2) is 14.2 Å². The van der Waals surface area contributed by atoms with Gasteiger partial charge < -0.3 is 0 Å². The third kappa shape index (κ3) is 3.26. The second-order valence-corrected chi connectivity index (χ2v) is 6.08. The van der Waals surface area contributed by atoms with Crippen LogP contribution in [0.4, 0.5) is 11.4 Å². The molecule has 0 aliphatic heterocycles. The molecule has 0 amide bonds. The molecule has 1 N–H and O–H groups in total. The number of hydrazine groups is 1. The zero-order chi connectivity index (χ0) is 13.7. The predicted octanol–water partition coefficient (Wildman–Crippen LogP) is 2.87. The highest BCUT2D eigenvalue weighted by Gasteiger charge is 2.20. The summed E-state index contributed by atoms with van der Waals surface area (Å²) in [6.07, 6.45) is 0. The Bertz CT molecular complexity index is 612. The topological polar surface area (TPSA) is 49.4 Å². The number of benzene rings is 2. The molecule has 2 aromatic rings. The molecule has 0 unspecified atom stereocenters. The third-order valence-corrected chi connectivity index (χ3v) is 4.23. The maximum Gasteiger partial charge on any atom is 0.252 e. The summed E-state index contributed by atoms with van der Waals surface area (Å²) < 4.78 is 25.5. The van der Waals surface area contributed by atoms with Crippen LogP contribution in [-0.2, 0) is 10.0 Å². The monoisotopic (exact) mass is 276 g/mol. The first kappa shape index (κ1) is 13.4. The molecule has 0 heterocycles. The van der Waals surface area contributed by atoms with E-state index in [-0.39, 0.29) is 5.75 Å². The van der Waals surface area contributed by atoms with Gasteiger partial charge in [-0.05, 0) is 31.2 Å². The molecule has 0 saturated heterocycles. The van der Waals surface area contributed by atoms with Gasteiger partial charge in [-0.15, -0.1) is 0 Å². The van der Waals surface area contributed by atoms with Crippen LogP contribution in [0.25, 0.3) is 0 Å². The van der Waals surface area contributed by atoms with Gasteiger partial charge in [0.25, 0.3) is 10.0 Å². The van der Waals surface area contributed by atoms with Crippen molar-refractivity contribution >= 4 is 21.4 Å². The average molecular weight is 276 g/mol. The van der Waals surface area contributed by atoms with E-state index in [2.05, 4.69) is 5.43 Å². The number of nitrogens with zero attached hydrogens (tertiary/aromatic N) is 1. The largest absolute Gasteiger partial charge is 0.285 e. The van der Waals surface area contributed by atoms with Crippen LogP contribution in [0.5, 0.6) is 0 Å². The van der Waals surface area contributed by atoms with E-state index in [1.165, 1.54) is 4.41 Å². The zero-order valence-corrected chi connectivity index (χ0v) is 11.5. The van der Waals surface area contributed by atoms with E-state index in [4.69, 9.17) is 0 Å². The van der Waals surface area contributed by atoms with E-state index >= 15 is 0 Å². The van der Waals surface area contributed by atoms with Crippen molar-refractivity contribution in [1.29, 1.82) is 0 Å². The second kappa shape index (κ2) is 5.75. The van der Waals surface area contributed by atoms with Crippen LogP contribution in [0.15, 0.2) is 60.7 Å². The lowest BCUT2D eigenvalue weighted by Gasteiger charge is -2.25. The molecule has 0 aliphatic carbocycles. The van der Waals surface area contributed by atoms with Crippen LogP contribution in [0.1, 0.15) is 6.92 Å².